The zero-order valence-electron chi connectivity index (χ0n) is 10.6. The van der Waals surface area contributed by atoms with Gasteiger partial charge in [-0.15, -0.1) is 0 Å². The van der Waals surface area contributed by atoms with E-state index in [0.717, 1.165) is 13.0 Å². The number of ether oxygens (including phenoxy) is 1. The van der Waals surface area contributed by atoms with Crippen LogP contribution in [-0.2, 0) is 4.74 Å². The van der Waals surface area contributed by atoms with Crippen LogP contribution in [0.4, 0.5) is 17.3 Å². The largest absolute Gasteiger partial charge is 0.381 e. The molecule has 4 N–H and O–H groups in total. The molecule has 1 saturated heterocycles. The third-order valence-corrected chi connectivity index (χ3v) is 3.22. The molecule has 0 saturated carbocycles. The summed E-state index contributed by atoms with van der Waals surface area (Å²) < 4.78 is 5.32. The lowest BCUT2D eigenvalue weighted by molar-refractivity contribution is -0.384. The van der Waals surface area contributed by atoms with Crippen LogP contribution >= 0.6 is 0 Å². The van der Waals surface area contributed by atoms with Crippen molar-refractivity contribution in [2.75, 3.05) is 24.0 Å². The van der Waals surface area contributed by atoms with Crippen LogP contribution in [0.2, 0.25) is 0 Å². The zero-order valence-corrected chi connectivity index (χ0v) is 10.6. The number of hydrogen-bond acceptors (Lipinski definition) is 7. The predicted octanol–water partition coefficient (Wildman–Crippen LogP) is 1.11. The maximum atomic E-state index is 10.8. The Balaban J connectivity index is 2.14. The number of hydrazine groups is 1. The van der Waals surface area contributed by atoms with E-state index >= 15 is 0 Å². The van der Waals surface area contributed by atoms with Crippen molar-refractivity contribution in [2.24, 2.45) is 11.8 Å². The van der Waals surface area contributed by atoms with Gasteiger partial charge in [-0.1, -0.05) is 0 Å². The highest BCUT2D eigenvalue weighted by molar-refractivity contribution is 5.54. The maximum absolute atomic E-state index is 10.8. The molecule has 1 fully saturated rings. The van der Waals surface area contributed by atoms with Crippen molar-refractivity contribution < 1.29 is 9.66 Å². The van der Waals surface area contributed by atoms with Crippen molar-refractivity contribution in [3.05, 3.63) is 22.2 Å². The molecule has 0 bridgehead atoms. The number of nitrogens with zero attached hydrogens (tertiary/aromatic N) is 2. The van der Waals surface area contributed by atoms with E-state index in [4.69, 9.17) is 10.6 Å². The normalized spacial score (nSPS) is 20.0. The van der Waals surface area contributed by atoms with Gasteiger partial charge in [0.1, 0.15) is 11.6 Å². The molecule has 0 aliphatic carbocycles. The van der Waals surface area contributed by atoms with E-state index in [1.54, 1.807) is 0 Å². The highest BCUT2D eigenvalue weighted by Crippen LogP contribution is 2.23. The molecule has 1 aliphatic rings. The van der Waals surface area contributed by atoms with E-state index in [0.29, 0.717) is 18.3 Å². The average molecular weight is 267 g/mol. The lowest BCUT2D eigenvalue weighted by Gasteiger charge is -2.20. The standard InChI is InChI=1S/C11H17N5O3/c1-7(8-2-3-19-6-8)13-10-4-9(16(17)18)5-11(14-10)15-12/h4-5,7-8H,2-3,6,12H2,1H3,(H2,13,14,15). The van der Waals surface area contributed by atoms with E-state index in [2.05, 4.69) is 15.7 Å². The zero-order chi connectivity index (χ0) is 13.8. The number of anilines is 2. The van der Waals surface area contributed by atoms with E-state index in [1.165, 1.54) is 12.1 Å². The summed E-state index contributed by atoms with van der Waals surface area (Å²) in [4.78, 5) is 14.5. The second-order valence-corrected chi connectivity index (χ2v) is 4.55. The molecule has 19 heavy (non-hydrogen) atoms. The van der Waals surface area contributed by atoms with Gasteiger partial charge in [-0.25, -0.2) is 10.8 Å². The van der Waals surface area contributed by atoms with Crippen molar-refractivity contribution in [1.29, 1.82) is 0 Å². The Hall–Kier alpha value is -1.93. The molecular weight excluding hydrogens is 250 g/mol. The summed E-state index contributed by atoms with van der Waals surface area (Å²) in [6, 6.07) is 2.81. The number of hydrogen-bond donors (Lipinski definition) is 3. The first-order chi connectivity index (χ1) is 9.10. The molecule has 2 unspecified atom stereocenters. The van der Waals surface area contributed by atoms with E-state index in [9.17, 15) is 10.1 Å². The molecule has 2 atom stereocenters. The molecule has 8 heteroatoms. The van der Waals surface area contributed by atoms with Crippen LogP contribution < -0.4 is 16.6 Å². The third-order valence-electron chi connectivity index (χ3n) is 3.22. The topological polar surface area (TPSA) is 115 Å². The maximum Gasteiger partial charge on any atom is 0.276 e. The number of nitrogen functional groups attached to an aromatic ring is 1. The van der Waals surface area contributed by atoms with Crippen LogP contribution in [0.5, 0.6) is 0 Å². The highest BCUT2D eigenvalue weighted by Gasteiger charge is 2.23. The minimum atomic E-state index is -0.475. The first-order valence-corrected chi connectivity index (χ1v) is 6.07. The molecule has 8 nitrogen and oxygen atoms in total. The summed E-state index contributed by atoms with van der Waals surface area (Å²) in [5.41, 5.74) is 2.27. The molecule has 2 rings (SSSR count). The van der Waals surface area contributed by atoms with Crippen LogP contribution in [0, 0.1) is 16.0 Å². The number of aromatic nitrogens is 1. The van der Waals surface area contributed by atoms with Crippen molar-refractivity contribution in [3.8, 4) is 0 Å². The Morgan fingerprint density at radius 1 is 1.58 bits per heavy atom. The van der Waals surface area contributed by atoms with Gasteiger partial charge in [0.05, 0.1) is 23.7 Å². The van der Waals surface area contributed by atoms with Crippen LogP contribution in [-0.4, -0.2) is 29.2 Å². The number of rotatable bonds is 5. The molecule has 1 aromatic rings. The second-order valence-electron chi connectivity index (χ2n) is 4.55. The Morgan fingerprint density at radius 3 is 2.89 bits per heavy atom. The summed E-state index contributed by atoms with van der Waals surface area (Å²) in [6.45, 7) is 3.47. The molecular formula is C11H17N5O3. The molecule has 1 aliphatic heterocycles. The van der Waals surface area contributed by atoms with Crippen LogP contribution in [0.25, 0.3) is 0 Å². The first-order valence-electron chi connectivity index (χ1n) is 6.07. The molecule has 1 aromatic heterocycles. The fraction of sp³-hybridized carbons (Fsp3) is 0.545. The summed E-state index contributed by atoms with van der Waals surface area (Å²) in [5, 5.41) is 14.0. The lowest BCUT2D eigenvalue weighted by atomic mass is 10.0. The molecule has 104 valence electrons. The molecule has 2 heterocycles. The smallest absolute Gasteiger partial charge is 0.276 e. The van der Waals surface area contributed by atoms with E-state index in [1.807, 2.05) is 6.92 Å². The van der Waals surface area contributed by atoms with Gasteiger partial charge >= 0.3 is 0 Å². The number of nitrogens with two attached hydrogens (primary N) is 1. The highest BCUT2D eigenvalue weighted by atomic mass is 16.6. The quantitative estimate of drug-likeness (QED) is 0.416. The Bertz CT molecular complexity index is 462. The minimum absolute atomic E-state index is 0.0553. The molecule has 0 spiro atoms. The van der Waals surface area contributed by atoms with Gasteiger partial charge < -0.3 is 15.5 Å². The Morgan fingerprint density at radius 2 is 2.32 bits per heavy atom. The number of nitro groups is 1. The summed E-state index contributed by atoms with van der Waals surface area (Å²) in [6.07, 6.45) is 0.977. The van der Waals surface area contributed by atoms with Gasteiger partial charge in [0.25, 0.3) is 5.69 Å². The number of nitrogens with one attached hydrogen (secondary N) is 2. The van der Waals surface area contributed by atoms with Gasteiger partial charge in [-0.3, -0.25) is 10.1 Å². The summed E-state index contributed by atoms with van der Waals surface area (Å²) in [7, 11) is 0. The second kappa shape index (κ2) is 5.81. The monoisotopic (exact) mass is 267 g/mol. The Kier molecular flexibility index (Phi) is 4.13. The van der Waals surface area contributed by atoms with Gasteiger partial charge in [-0.2, -0.15) is 0 Å². The van der Waals surface area contributed by atoms with Crippen molar-refractivity contribution >= 4 is 17.3 Å². The van der Waals surface area contributed by atoms with Gasteiger partial charge in [0, 0.05) is 18.6 Å². The van der Waals surface area contributed by atoms with Crippen molar-refractivity contribution in [1.82, 2.24) is 4.98 Å². The van der Waals surface area contributed by atoms with Gasteiger partial charge in [-0.05, 0) is 13.3 Å². The van der Waals surface area contributed by atoms with Crippen LogP contribution in [0.3, 0.4) is 0 Å². The first kappa shape index (κ1) is 13.5. The Labute approximate surface area is 110 Å². The predicted molar refractivity (Wildman–Crippen MR) is 70.7 cm³/mol. The van der Waals surface area contributed by atoms with Crippen molar-refractivity contribution in [3.63, 3.8) is 0 Å². The van der Waals surface area contributed by atoms with Gasteiger partial charge in [0.2, 0.25) is 0 Å². The minimum Gasteiger partial charge on any atom is -0.381 e. The molecule has 0 radical (unpaired) electrons. The third kappa shape index (κ3) is 3.30. The number of pyridine rings is 1. The van der Waals surface area contributed by atoms with Crippen LogP contribution in [0.15, 0.2) is 12.1 Å². The molecule has 0 aromatic carbocycles. The van der Waals surface area contributed by atoms with Crippen LogP contribution in [0.1, 0.15) is 13.3 Å². The molecule has 0 amide bonds. The lowest BCUT2D eigenvalue weighted by Crippen LogP contribution is -2.26. The fourth-order valence-corrected chi connectivity index (χ4v) is 2.07. The van der Waals surface area contributed by atoms with Gasteiger partial charge in [0.15, 0.2) is 0 Å². The fourth-order valence-electron chi connectivity index (χ4n) is 2.07. The SMILES string of the molecule is CC(Nc1cc([N+](=O)[O-])cc(NN)n1)C1CCOC1. The summed E-state index contributed by atoms with van der Waals surface area (Å²) in [5.74, 6) is 6.33. The van der Waals surface area contributed by atoms with E-state index < -0.39 is 4.92 Å². The average Bonchev–Trinajstić information content (AvgIpc) is 2.92. The summed E-state index contributed by atoms with van der Waals surface area (Å²) >= 11 is 0. The van der Waals surface area contributed by atoms with Crippen molar-refractivity contribution in [2.45, 2.75) is 19.4 Å². The van der Waals surface area contributed by atoms with E-state index in [-0.39, 0.29) is 17.5 Å².